The van der Waals surface area contributed by atoms with Crippen molar-refractivity contribution in [1.82, 2.24) is 14.9 Å². The Bertz CT molecular complexity index is 1030. The average Bonchev–Trinajstić information content (AvgIpc) is 2.87. The molecule has 4 rings (SSSR count). The van der Waals surface area contributed by atoms with Crippen LogP contribution < -0.4 is 10.2 Å². The number of alkyl halides is 3. The summed E-state index contributed by atoms with van der Waals surface area (Å²) >= 11 is 0. The summed E-state index contributed by atoms with van der Waals surface area (Å²) in [6.07, 6.45) is 5.13. The number of rotatable bonds is 8. The summed E-state index contributed by atoms with van der Waals surface area (Å²) in [6.45, 7) is 10.0. The molecule has 2 aliphatic rings. The molecule has 0 atom stereocenters. The van der Waals surface area contributed by atoms with Gasteiger partial charge in [0.05, 0.1) is 0 Å². The molecule has 0 spiro atoms. The minimum absolute atomic E-state index is 0.721. The number of carboxylic acid groups (broad SMARTS) is 1. The Kier molecular flexibility index (Phi) is 10.5. The van der Waals surface area contributed by atoms with Gasteiger partial charge < -0.3 is 20.2 Å². The molecule has 2 N–H and O–H groups in total. The van der Waals surface area contributed by atoms with Gasteiger partial charge in [-0.1, -0.05) is 18.6 Å². The lowest BCUT2D eigenvalue weighted by molar-refractivity contribution is -0.192. The van der Waals surface area contributed by atoms with Crippen molar-refractivity contribution in [3.63, 3.8) is 0 Å². The van der Waals surface area contributed by atoms with Crippen LogP contribution in [-0.4, -0.2) is 64.8 Å². The molecule has 1 saturated heterocycles. The van der Waals surface area contributed by atoms with Crippen molar-refractivity contribution in [3.05, 3.63) is 41.1 Å². The molecule has 204 valence electrons. The van der Waals surface area contributed by atoms with E-state index in [0.717, 1.165) is 37.0 Å². The van der Waals surface area contributed by atoms with Gasteiger partial charge in [0.2, 0.25) is 5.95 Å². The summed E-state index contributed by atoms with van der Waals surface area (Å²) < 4.78 is 31.7. The van der Waals surface area contributed by atoms with Crippen LogP contribution in [0.2, 0.25) is 0 Å². The standard InChI is InChI=1S/C25H37N5.C2HF3O2/c1-3-30(18-10-17-29-15-7-4-8-16-29)24-19-20(2)26-25(28-24)27-23-14-9-12-21-11-5-6-13-22(21)23;3-2(4,5)1(6)7/h9,12,14,19H,3-8,10-11,13,15-18H2,1-2H3,(H,26,27,28);(H,6,7). The van der Waals surface area contributed by atoms with Crippen LogP contribution in [0.15, 0.2) is 24.3 Å². The Morgan fingerprint density at radius 3 is 2.49 bits per heavy atom. The van der Waals surface area contributed by atoms with E-state index in [4.69, 9.17) is 19.9 Å². The van der Waals surface area contributed by atoms with Crippen molar-refractivity contribution in [2.24, 2.45) is 0 Å². The number of aromatic nitrogens is 2. The zero-order chi connectivity index (χ0) is 26.8. The number of anilines is 3. The van der Waals surface area contributed by atoms with Gasteiger partial charge >= 0.3 is 12.1 Å². The maximum atomic E-state index is 10.6. The van der Waals surface area contributed by atoms with Gasteiger partial charge in [0.25, 0.3) is 0 Å². The molecule has 0 radical (unpaired) electrons. The van der Waals surface area contributed by atoms with Gasteiger partial charge in [0, 0.05) is 30.5 Å². The van der Waals surface area contributed by atoms with Gasteiger partial charge in [-0.25, -0.2) is 9.78 Å². The molecule has 1 fully saturated rings. The molecule has 0 saturated carbocycles. The monoisotopic (exact) mass is 521 g/mol. The summed E-state index contributed by atoms with van der Waals surface area (Å²) in [4.78, 5) is 23.5. The highest BCUT2D eigenvalue weighted by molar-refractivity contribution is 5.73. The Balaban J connectivity index is 0.000000479. The lowest BCUT2D eigenvalue weighted by atomic mass is 9.90. The van der Waals surface area contributed by atoms with E-state index in [0.29, 0.717) is 0 Å². The van der Waals surface area contributed by atoms with Crippen LogP contribution >= 0.6 is 0 Å². The SMILES string of the molecule is CCN(CCCN1CCCCC1)c1cc(C)nc(Nc2cccc3c2CCCC3)n1.O=C(O)C(F)(F)F. The third-order valence-electron chi connectivity index (χ3n) is 6.78. The van der Waals surface area contributed by atoms with Crippen molar-refractivity contribution in [2.75, 3.05) is 42.9 Å². The summed E-state index contributed by atoms with van der Waals surface area (Å²) in [5.74, 6) is -0.998. The first-order chi connectivity index (χ1) is 17.7. The van der Waals surface area contributed by atoms with Gasteiger partial charge in [-0.2, -0.15) is 18.2 Å². The van der Waals surface area contributed by atoms with Crippen LogP contribution in [0, 0.1) is 6.92 Å². The van der Waals surface area contributed by atoms with E-state index < -0.39 is 12.1 Å². The first kappa shape index (κ1) is 28.7. The predicted octanol–water partition coefficient (Wildman–Crippen LogP) is 5.74. The molecule has 1 aliphatic heterocycles. The topological polar surface area (TPSA) is 81.6 Å². The Labute approximate surface area is 217 Å². The quantitative estimate of drug-likeness (QED) is 0.458. The minimum atomic E-state index is -5.08. The van der Waals surface area contributed by atoms with Crippen molar-refractivity contribution in [3.8, 4) is 0 Å². The Morgan fingerprint density at radius 2 is 1.81 bits per heavy atom. The molecule has 7 nitrogen and oxygen atoms in total. The van der Waals surface area contributed by atoms with E-state index in [9.17, 15) is 13.2 Å². The van der Waals surface area contributed by atoms with Crippen LogP contribution in [0.4, 0.5) is 30.6 Å². The van der Waals surface area contributed by atoms with E-state index >= 15 is 0 Å². The molecule has 0 bridgehead atoms. The van der Waals surface area contributed by atoms with Crippen molar-refractivity contribution in [2.45, 2.75) is 71.4 Å². The van der Waals surface area contributed by atoms with Crippen molar-refractivity contribution >= 4 is 23.4 Å². The number of carboxylic acids is 1. The second kappa shape index (κ2) is 13.6. The molecule has 0 unspecified atom stereocenters. The van der Waals surface area contributed by atoms with Crippen LogP contribution in [0.3, 0.4) is 0 Å². The lowest BCUT2D eigenvalue weighted by Crippen LogP contribution is -2.33. The number of hydrogen-bond acceptors (Lipinski definition) is 6. The van der Waals surface area contributed by atoms with E-state index in [1.54, 1.807) is 0 Å². The number of aliphatic carboxylic acids is 1. The van der Waals surface area contributed by atoms with Crippen LogP contribution in [-0.2, 0) is 17.6 Å². The zero-order valence-corrected chi connectivity index (χ0v) is 21.8. The fourth-order valence-electron chi connectivity index (χ4n) is 4.89. The molecular formula is C27H38F3N5O2. The highest BCUT2D eigenvalue weighted by Gasteiger charge is 2.38. The van der Waals surface area contributed by atoms with Gasteiger partial charge in [-0.15, -0.1) is 0 Å². The third kappa shape index (κ3) is 8.87. The number of aryl methyl sites for hydroxylation is 2. The van der Waals surface area contributed by atoms with Gasteiger partial charge in [0.1, 0.15) is 5.82 Å². The minimum Gasteiger partial charge on any atom is -0.475 e. The van der Waals surface area contributed by atoms with Crippen LogP contribution in [0.1, 0.15) is 62.3 Å². The Hall–Kier alpha value is -2.88. The number of benzene rings is 1. The van der Waals surface area contributed by atoms with Crippen LogP contribution in [0.5, 0.6) is 0 Å². The smallest absolute Gasteiger partial charge is 0.475 e. The molecular weight excluding hydrogens is 483 g/mol. The normalized spacial score (nSPS) is 15.8. The number of fused-ring (bicyclic) bond motifs is 1. The average molecular weight is 522 g/mol. The number of carbonyl (C=O) groups is 1. The molecule has 1 aromatic heterocycles. The lowest BCUT2D eigenvalue weighted by Gasteiger charge is -2.28. The largest absolute Gasteiger partial charge is 0.490 e. The van der Waals surface area contributed by atoms with Gasteiger partial charge in [-0.05, 0) is 95.6 Å². The summed E-state index contributed by atoms with van der Waals surface area (Å²) in [5, 5.41) is 10.7. The maximum absolute atomic E-state index is 10.6. The highest BCUT2D eigenvalue weighted by atomic mass is 19.4. The summed E-state index contributed by atoms with van der Waals surface area (Å²) in [6, 6.07) is 8.72. The van der Waals surface area contributed by atoms with Crippen molar-refractivity contribution < 1.29 is 23.1 Å². The summed E-state index contributed by atoms with van der Waals surface area (Å²) in [5.41, 5.74) is 5.12. The first-order valence-electron chi connectivity index (χ1n) is 13.2. The number of halogens is 3. The van der Waals surface area contributed by atoms with E-state index in [1.165, 1.54) is 81.4 Å². The number of nitrogens with one attached hydrogen (secondary N) is 1. The first-order valence-corrected chi connectivity index (χ1v) is 13.2. The molecule has 1 aliphatic carbocycles. The molecule has 10 heteroatoms. The molecule has 2 aromatic rings. The maximum Gasteiger partial charge on any atom is 0.490 e. The van der Waals surface area contributed by atoms with Gasteiger partial charge in [-0.3, -0.25) is 0 Å². The third-order valence-corrected chi connectivity index (χ3v) is 6.78. The summed E-state index contributed by atoms with van der Waals surface area (Å²) in [7, 11) is 0. The second-order valence-electron chi connectivity index (χ2n) is 9.60. The molecule has 0 amide bonds. The fourth-order valence-corrected chi connectivity index (χ4v) is 4.89. The predicted molar refractivity (Wildman–Crippen MR) is 140 cm³/mol. The fraction of sp³-hybridized carbons (Fsp3) is 0.593. The number of hydrogen-bond donors (Lipinski definition) is 2. The molecule has 2 heterocycles. The second-order valence-corrected chi connectivity index (χ2v) is 9.60. The zero-order valence-electron chi connectivity index (χ0n) is 21.8. The number of piperidine rings is 1. The molecule has 1 aromatic carbocycles. The Morgan fingerprint density at radius 1 is 1.11 bits per heavy atom. The van der Waals surface area contributed by atoms with Crippen LogP contribution in [0.25, 0.3) is 0 Å². The van der Waals surface area contributed by atoms with E-state index in [-0.39, 0.29) is 0 Å². The van der Waals surface area contributed by atoms with E-state index in [1.807, 2.05) is 0 Å². The highest BCUT2D eigenvalue weighted by Crippen LogP contribution is 2.29. The van der Waals surface area contributed by atoms with E-state index in [2.05, 4.69) is 53.2 Å². The van der Waals surface area contributed by atoms with Gasteiger partial charge in [0.15, 0.2) is 0 Å². The number of likely N-dealkylation sites (tertiary alicyclic amines) is 1. The molecule has 37 heavy (non-hydrogen) atoms. The number of nitrogens with zero attached hydrogens (tertiary/aromatic N) is 4. The van der Waals surface area contributed by atoms with Crippen molar-refractivity contribution in [1.29, 1.82) is 0 Å².